The number of hydrogen-bond acceptors (Lipinski definition) is 4. The third-order valence-electron chi connectivity index (χ3n) is 5.34. The zero-order valence-electron chi connectivity index (χ0n) is 15.7. The van der Waals surface area contributed by atoms with Crippen LogP contribution < -0.4 is 5.32 Å². The Morgan fingerprint density at radius 3 is 2.89 bits per heavy atom. The molecule has 0 saturated carbocycles. The maximum absolute atomic E-state index is 12.4. The zero-order valence-corrected chi connectivity index (χ0v) is 15.7. The molecular formula is C21H24N4O2. The van der Waals surface area contributed by atoms with Gasteiger partial charge in [-0.3, -0.25) is 4.79 Å². The summed E-state index contributed by atoms with van der Waals surface area (Å²) in [7, 11) is 0. The van der Waals surface area contributed by atoms with E-state index in [1.54, 1.807) is 6.20 Å². The number of anilines is 1. The molecule has 6 heteroatoms. The summed E-state index contributed by atoms with van der Waals surface area (Å²) in [5.74, 6) is 0.462. The van der Waals surface area contributed by atoms with Crippen LogP contribution >= 0.6 is 0 Å². The van der Waals surface area contributed by atoms with Crippen molar-refractivity contribution in [3.63, 3.8) is 0 Å². The van der Waals surface area contributed by atoms with Crippen molar-refractivity contribution in [1.29, 1.82) is 0 Å². The first kappa shape index (κ1) is 17.7. The lowest BCUT2D eigenvalue weighted by Crippen LogP contribution is -2.15. The van der Waals surface area contributed by atoms with Crippen LogP contribution in [-0.4, -0.2) is 34.1 Å². The van der Waals surface area contributed by atoms with E-state index in [4.69, 9.17) is 4.74 Å². The standard InChI is InChI=1S/C21H24N4O2/c1-13-17-9-15(10-20(26)24-19-11-22-12-23-14(19)2)3-4-18(17)25-21(13)16-5-7-27-8-6-16/h3-4,9,11-12,16,25H,5-8,10H2,1-2H3,(H,24,26). The van der Waals surface area contributed by atoms with E-state index in [2.05, 4.69) is 39.3 Å². The fraction of sp³-hybridized carbons (Fsp3) is 0.381. The number of nitrogens with one attached hydrogen (secondary N) is 2. The summed E-state index contributed by atoms with van der Waals surface area (Å²) in [6.45, 7) is 5.67. The summed E-state index contributed by atoms with van der Waals surface area (Å²) in [5, 5.41) is 4.09. The van der Waals surface area contributed by atoms with Crippen LogP contribution in [0, 0.1) is 13.8 Å². The second kappa shape index (κ2) is 7.48. The summed E-state index contributed by atoms with van der Waals surface area (Å²) < 4.78 is 5.49. The Labute approximate surface area is 158 Å². The SMILES string of the molecule is Cc1ncncc1NC(=O)Cc1ccc2[nH]c(C3CCOCC3)c(C)c2c1. The lowest BCUT2D eigenvalue weighted by Gasteiger charge is -2.21. The molecule has 1 aliphatic heterocycles. The number of rotatable bonds is 4. The van der Waals surface area contributed by atoms with Crippen molar-refractivity contribution in [2.75, 3.05) is 18.5 Å². The average molecular weight is 364 g/mol. The smallest absolute Gasteiger partial charge is 0.228 e. The van der Waals surface area contributed by atoms with Crippen LogP contribution in [0.5, 0.6) is 0 Å². The predicted octanol–water partition coefficient (Wildman–Crippen LogP) is 3.65. The van der Waals surface area contributed by atoms with Crippen LogP contribution in [0.15, 0.2) is 30.7 Å². The minimum absolute atomic E-state index is 0.0647. The van der Waals surface area contributed by atoms with E-state index in [9.17, 15) is 4.79 Å². The molecule has 27 heavy (non-hydrogen) atoms. The molecule has 0 atom stereocenters. The molecule has 1 fully saturated rings. The van der Waals surface area contributed by atoms with Gasteiger partial charge in [0.25, 0.3) is 0 Å². The second-order valence-electron chi connectivity index (χ2n) is 7.18. The molecule has 0 unspecified atom stereocenters. The van der Waals surface area contributed by atoms with Gasteiger partial charge in [-0.1, -0.05) is 6.07 Å². The Balaban J connectivity index is 1.53. The van der Waals surface area contributed by atoms with Crippen LogP contribution in [0.1, 0.15) is 41.3 Å². The van der Waals surface area contributed by atoms with Gasteiger partial charge in [-0.25, -0.2) is 9.97 Å². The molecule has 0 aliphatic carbocycles. The van der Waals surface area contributed by atoms with Gasteiger partial charge in [-0.2, -0.15) is 0 Å². The van der Waals surface area contributed by atoms with E-state index in [1.165, 1.54) is 23.0 Å². The summed E-state index contributed by atoms with van der Waals surface area (Å²) in [6.07, 6.45) is 5.54. The minimum atomic E-state index is -0.0647. The van der Waals surface area contributed by atoms with Crippen LogP contribution in [-0.2, 0) is 16.0 Å². The molecule has 140 valence electrons. The van der Waals surface area contributed by atoms with Crippen molar-refractivity contribution < 1.29 is 9.53 Å². The Bertz CT molecular complexity index is 973. The summed E-state index contributed by atoms with van der Waals surface area (Å²) >= 11 is 0. The molecule has 1 aliphatic rings. The average Bonchev–Trinajstić information content (AvgIpc) is 3.01. The zero-order chi connectivity index (χ0) is 18.8. The second-order valence-corrected chi connectivity index (χ2v) is 7.18. The van der Waals surface area contributed by atoms with E-state index in [1.807, 2.05) is 13.0 Å². The highest BCUT2D eigenvalue weighted by molar-refractivity contribution is 5.93. The molecule has 0 radical (unpaired) electrons. The van der Waals surface area contributed by atoms with Gasteiger partial charge in [0.15, 0.2) is 0 Å². The Hall–Kier alpha value is -2.73. The third kappa shape index (κ3) is 3.71. The quantitative estimate of drug-likeness (QED) is 0.740. The number of nitrogens with zero attached hydrogens (tertiary/aromatic N) is 2. The van der Waals surface area contributed by atoms with Crippen molar-refractivity contribution in [3.8, 4) is 0 Å². The largest absolute Gasteiger partial charge is 0.381 e. The van der Waals surface area contributed by atoms with E-state index < -0.39 is 0 Å². The van der Waals surface area contributed by atoms with Gasteiger partial charge in [0.05, 0.1) is 24.0 Å². The van der Waals surface area contributed by atoms with Gasteiger partial charge in [0.2, 0.25) is 5.91 Å². The van der Waals surface area contributed by atoms with E-state index >= 15 is 0 Å². The molecule has 2 N–H and O–H groups in total. The Morgan fingerprint density at radius 1 is 1.30 bits per heavy atom. The number of carbonyl (C=O) groups is 1. The molecule has 3 aromatic rings. The van der Waals surface area contributed by atoms with Gasteiger partial charge >= 0.3 is 0 Å². The Morgan fingerprint density at radius 2 is 2.11 bits per heavy atom. The van der Waals surface area contributed by atoms with E-state index in [-0.39, 0.29) is 5.91 Å². The maximum Gasteiger partial charge on any atom is 0.228 e. The number of benzene rings is 1. The third-order valence-corrected chi connectivity index (χ3v) is 5.34. The predicted molar refractivity (Wildman–Crippen MR) is 105 cm³/mol. The van der Waals surface area contributed by atoms with Crippen molar-refractivity contribution >= 4 is 22.5 Å². The highest BCUT2D eigenvalue weighted by Crippen LogP contribution is 2.33. The lowest BCUT2D eigenvalue weighted by atomic mass is 9.93. The fourth-order valence-electron chi connectivity index (χ4n) is 3.79. The number of carbonyl (C=O) groups excluding carboxylic acids is 1. The van der Waals surface area contributed by atoms with E-state index in [0.29, 0.717) is 18.0 Å². The van der Waals surface area contributed by atoms with Crippen molar-refractivity contribution in [3.05, 3.63) is 53.2 Å². The van der Waals surface area contributed by atoms with Crippen molar-refractivity contribution in [2.45, 2.75) is 39.0 Å². The molecule has 2 aromatic heterocycles. The first-order valence-corrected chi connectivity index (χ1v) is 9.37. The summed E-state index contributed by atoms with van der Waals surface area (Å²) in [4.78, 5) is 24.1. The Kier molecular flexibility index (Phi) is 4.90. The molecule has 6 nitrogen and oxygen atoms in total. The van der Waals surface area contributed by atoms with E-state index in [0.717, 1.165) is 42.8 Å². The van der Waals surface area contributed by atoms with Gasteiger partial charge in [0, 0.05) is 35.7 Å². The molecule has 3 heterocycles. The monoisotopic (exact) mass is 364 g/mol. The van der Waals surface area contributed by atoms with Crippen LogP contribution in [0.3, 0.4) is 0 Å². The van der Waals surface area contributed by atoms with Crippen molar-refractivity contribution in [1.82, 2.24) is 15.0 Å². The lowest BCUT2D eigenvalue weighted by molar-refractivity contribution is -0.115. The van der Waals surface area contributed by atoms with Gasteiger partial charge in [-0.05, 0) is 49.9 Å². The first-order valence-electron chi connectivity index (χ1n) is 9.37. The molecule has 1 amide bonds. The number of hydrogen-bond donors (Lipinski definition) is 2. The highest BCUT2D eigenvalue weighted by Gasteiger charge is 2.21. The van der Waals surface area contributed by atoms with Crippen molar-refractivity contribution in [2.24, 2.45) is 0 Å². The number of aromatic nitrogens is 3. The van der Waals surface area contributed by atoms with Gasteiger partial charge < -0.3 is 15.0 Å². The molecule has 1 aromatic carbocycles. The summed E-state index contributed by atoms with van der Waals surface area (Å²) in [6, 6.07) is 6.21. The molecular weight excluding hydrogens is 340 g/mol. The van der Waals surface area contributed by atoms with Crippen LogP contribution in [0.25, 0.3) is 10.9 Å². The molecule has 1 saturated heterocycles. The molecule has 4 rings (SSSR count). The minimum Gasteiger partial charge on any atom is -0.381 e. The van der Waals surface area contributed by atoms with Gasteiger partial charge in [0.1, 0.15) is 6.33 Å². The highest BCUT2D eigenvalue weighted by atomic mass is 16.5. The normalized spacial score (nSPS) is 15.2. The number of aromatic amines is 1. The maximum atomic E-state index is 12.4. The van der Waals surface area contributed by atoms with Crippen LogP contribution in [0.4, 0.5) is 5.69 Å². The number of amides is 1. The van der Waals surface area contributed by atoms with Gasteiger partial charge in [-0.15, -0.1) is 0 Å². The number of ether oxygens (including phenoxy) is 1. The summed E-state index contributed by atoms with van der Waals surface area (Å²) in [5.41, 5.74) is 6.14. The topological polar surface area (TPSA) is 79.9 Å². The fourth-order valence-corrected chi connectivity index (χ4v) is 3.79. The number of fused-ring (bicyclic) bond motifs is 1. The first-order chi connectivity index (χ1) is 13.1. The number of aryl methyl sites for hydroxylation is 2. The van der Waals surface area contributed by atoms with Crippen LogP contribution in [0.2, 0.25) is 0 Å². The molecule has 0 bridgehead atoms. The molecule has 0 spiro atoms. The number of H-pyrrole nitrogens is 1.